The summed E-state index contributed by atoms with van der Waals surface area (Å²) in [6.45, 7) is 6.62. The third-order valence-electron chi connectivity index (χ3n) is 5.12. The van der Waals surface area contributed by atoms with Crippen LogP contribution in [-0.2, 0) is 24.2 Å². The van der Waals surface area contributed by atoms with Crippen LogP contribution in [0.15, 0.2) is 47.4 Å². The molecular formula is C23H24ClN3O3. The standard InChI is InChI=1S/C23H24ClN3O3/c1-23(2,3)30-22(29)26-12-10-17-18-5-4-11-25-20(18)27(21(28)19(17)14-26)13-15-6-8-16(24)9-7-15/h4-9,11H,10,12-14H2,1-3H3. The number of pyridine rings is 2. The Kier molecular flexibility index (Phi) is 5.28. The molecule has 0 radical (unpaired) electrons. The number of hydrogen-bond acceptors (Lipinski definition) is 4. The molecule has 1 aromatic carbocycles. The number of amides is 1. The molecule has 0 fully saturated rings. The molecule has 0 saturated carbocycles. The van der Waals surface area contributed by atoms with Gasteiger partial charge in [-0.2, -0.15) is 0 Å². The molecule has 3 heterocycles. The molecule has 156 valence electrons. The van der Waals surface area contributed by atoms with E-state index < -0.39 is 11.7 Å². The normalized spacial score (nSPS) is 13.9. The minimum absolute atomic E-state index is 0.126. The van der Waals surface area contributed by atoms with Crippen molar-refractivity contribution in [3.8, 4) is 0 Å². The van der Waals surface area contributed by atoms with Gasteiger partial charge in [-0.25, -0.2) is 9.78 Å². The maximum absolute atomic E-state index is 13.5. The number of carbonyl (C=O) groups is 1. The van der Waals surface area contributed by atoms with Gasteiger partial charge in [-0.15, -0.1) is 0 Å². The Balaban J connectivity index is 1.77. The van der Waals surface area contributed by atoms with E-state index in [1.165, 1.54) is 0 Å². The first-order valence-corrected chi connectivity index (χ1v) is 10.3. The molecule has 7 heteroatoms. The summed E-state index contributed by atoms with van der Waals surface area (Å²) in [4.78, 5) is 32.1. The van der Waals surface area contributed by atoms with Gasteiger partial charge in [-0.05, 0) is 62.6 Å². The van der Waals surface area contributed by atoms with Crippen molar-refractivity contribution < 1.29 is 9.53 Å². The summed E-state index contributed by atoms with van der Waals surface area (Å²) in [5.74, 6) is 0. The first kappa shape index (κ1) is 20.4. The summed E-state index contributed by atoms with van der Waals surface area (Å²) < 4.78 is 7.19. The highest BCUT2D eigenvalue weighted by atomic mass is 35.5. The fourth-order valence-electron chi connectivity index (χ4n) is 3.77. The van der Waals surface area contributed by atoms with Crippen molar-refractivity contribution >= 4 is 28.7 Å². The fraction of sp³-hybridized carbons (Fsp3) is 0.348. The van der Waals surface area contributed by atoms with Crippen LogP contribution in [-0.4, -0.2) is 32.7 Å². The minimum Gasteiger partial charge on any atom is -0.444 e. The highest BCUT2D eigenvalue weighted by molar-refractivity contribution is 6.30. The van der Waals surface area contributed by atoms with Crippen LogP contribution in [0.1, 0.15) is 37.5 Å². The topological polar surface area (TPSA) is 64.4 Å². The van der Waals surface area contributed by atoms with Gasteiger partial charge >= 0.3 is 6.09 Å². The monoisotopic (exact) mass is 425 g/mol. The first-order chi connectivity index (χ1) is 14.2. The van der Waals surface area contributed by atoms with E-state index in [2.05, 4.69) is 4.98 Å². The van der Waals surface area contributed by atoms with Gasteiger partial charge in [0.05, 0.1) is 13.1 Å². The predicted molar refractivity (Wildman–Crippen MR) is 117 cm³/mol. The molecule has 2 aromatic heterocycles. The van der Waals surface area contributed by atoms with Gasteiger partial charge in [0, 0.05) is 28.7 Å². The van der Waals surface area contributed by atoms with Crippen molar-refractivity contribution in [2.75, 3.05) is 6.54 Å². The maximum atomic E-state index is 13.5. The molecule has 0 aliphatic carbocycles. The van der Waals surface area contributed by atoms with E-state index in [1.54, 1.807) is 27.8 Å². The second-order valence-corrected chi connectivity index (χ2v) is 8.94. The lowest BCUT2D eigenvalue weighted by Crippen LogP contribution is -2.43. The molecule has 30 heavy (non-hydrogen) atoms. The Morgan fingerprint density at radius 3 is 2.60 bits per heavy atom. The lowest BCUT2D eigenvalue weighted by molar-refractivity contribution is 0.0223. The van der Waals surface area contributed by atoms with Crippen molar-refractivity contribution in [1.29, 1.82) is 0 Å². The van der Waals surface area contributed by atoms with E-state index in [0.717, 1.165) is 16.5 Å². The second-order valence-electron chi connectivity index (χ2n) is 8.50. The lowest BCUT2D eigenvalue weighted by atomic mass is 9.97. The Morgan fingerprint density at radius 2 is 1.90 bits per heavy atom. The number of fused-ring (bicyclic) bond motifs is 3. The van der Waals surface area contributed by atoms with Crippen LogP contribution in [0.2, 0.25) is 5.02 Å². The van der Waals surface area contributed by atoms with Gasteiger partial charge in [-0.3, -0.25) is 9.36 Å². The second kappa shape index (κ2) is 7.76. The molecule has 0 atom stereocenters. The van der Waals surface area contributed by atoms with E-state index in [1.807, 2.05) is 45.0 Å². The molecule has 1 aliphatic heterocycles. The molecule has 4 rings (SSSR count). The molecule has 3 aromatic rings. The van der Waals surface area contributed by atoms with Crippen molar-refractivity contribution in [1.82, 2.24) is 14.5 Å². The molecule has 6 nitrogen and oxygen atoms in total. The SMILES string of the molecule is CC(C)(C)OC(=O)N1CCc2c(c(=O)n(Cc3ccc(Cl)cc3)c3ncccc23)C1. The van der Waals surface area contributed by atoms with Gasteiger partial charge in [-0.1, -0.05) is 23.7 Å². The van der Waals surface area contributed by atoms with Gasteiger partial charge in [0.2, 0.25) is 0 Å². The van der Waals surface area contributed by atoms with E-state index in [4.69, 9.17) is 16.3 Å². The number of hydrogen-bond donors (Lipinski definition) is 0. The number of carbonyl (C=O) groups excluding carboxylic acids is 1. The zero-order chi connectivity index (χ0) is 21.5. The van der Waals surface area contributed by atoms with Crippen LogP contribution in [0.25, 0.3) is 11.0 Å². The number of benzene rings is 1. The molecule has 0 N–H and O–H groups in total. The Bertz CT molecular complexity index is 1160. The summed E-state index contributed by atoms with van der Waals surface area (Å²) in [5.41, 5.74) is 2.49. The average Bonchev–Trinajstić information content (AvgIpc) is 2.71. The van der Waals surface area contributed by atoms with Gasteiger partial charge in [0.25, 0.3) is 5.56 Å². The van der Waals surface area contributed by atoms with Crippen LogP contribution in [0.5, 0.6) is 0 Å². The Morgan fingerprint density at radius 1 is 1.17 bits per heavy atom. The Hall–Kier alpha value is -2.86. The summed E-state index contributed by atoms with van der Waals surface area (Å²) in [6, 6.07) is 11.3. The van der Waals surface area contributed by atoms with Crippen molar-refractivity contribution in [2.24, 2.45) is 0 Å². The van der Waals surface area contributed by atoms with Gasteiger partial charge in [0.15, 0.2) is 0 Å². The maximum Gasteiger partial charge on any atom is 0.410 e. The number of nitrogens with zero attached hydrogens (tertiary/aromatic N) is 3. The highest BCUT2D eigenvalue weighted by Crippen LogP contribution is 2.26. The molecule has 1 aliphatic rings. The van der Waals surface area contributed by atoms with Gasteiger partial charge in [0.1, 0.15) is 11.2 Å². The van der Waals surface area contributed by atoms with Crippen molar-refractivity contribution in [2.45, 2.75) is 45.9 Å². The molecule has 1 amide bonds. The largest absolute Gasteiger partial charge is 0.444 e. The average molecular weight is 426 g/mol. The van der Waals surface area contributed by atoms with Crippen LogP contribution >= 0.6 is 11.6 Å². The molecule has 0 unspecified atom stereocenters. The summed E-state index contributed by atoms with van der Waals surface area (Å²) in [6.07, 6.45) is 1.89. The third kappa shape index (κ3) is 4.05. The zero-order valence-electron chi connectivity index (χ0n) is 17.3. The zero-order valence-corrected chi connectivity index (χ0v) is 18.1. The number of rotatable bonds is 2. The number of ether oxygens (including phenoxy) is 1. The quantitative estimate of drug-likeness (QED) is 0.610. The third-order valence-corrected chi connectivity index (χ3v) is 5.37. The lowest BCUT2D eigenvalue weighted by Gasteiger charge is -2.31. The van der Waals surface area contributed by atoms with Crippen molar-refractivity contribution in [3.63, 3.8) is 0 Å². The Labute approximate surface area is 180 Å². The smallest absolute Gasteiger partial charge is 0.410 e. The summed E-state index contributed by atoms with van der Waals surface area (Å²) >= 11 is 6.00. The summed E-state index contributed by atoms with van der Waals surface area (Å²) in [5, 5.41) is 1.59. The molecular weight excluding hydrogens is 402 g/mol. The van der Waals surface area contributed by atoms with E-state index in [9.17, 15) is 9.59 Å². The van der Waals surface area contributed by atoms with Gasteiger partial charge < -0.3 is 9.64 Å². The van der Waals surface area contributed by atoms with Crippen LogP contribution < -0.4 is 5.56 Å². The number of halogens is 1. The fourth-order valence-corrected chi connectivity index (χ4v) is 3.89. The van der Waals surface area contributed by atoms with E-state index in [0.29, 0.717) is 35.7 Å². The minimum atomic E-state index is -0.584. The van der Waals surface area contributed by atoms with E-state index >= 15 is 0 Å². The van der Waals surface area contributed by atoms with E-state index in [-0.39, 0.29) is 12.1 Å². The molecule has 0 spiro atoms. The van der Waals surface area contributed by atoms with Crippen LogP contribution in [0.3, 0.4) is 0 Å². The number of aromatic nitrogens is 2. The van der Waals surface area contributed by atoms with Crippen molar-refractivity contribution in [3.05, 3.63) is 74.7 Å². The first-order valence-electron chi connectivity index (χ1n) is 9.94. The molecule has 0 saturated heterocycles. The highest BCUT2D eigenvalue weighted by Gasteiger charge is 2.29. The van der Waals surface area contributed by atoms with Crippen LogP contribution in [0, 0.1) is 0 Å². The summed E-state index contributed by atoms with van der Waals surface area (Å²) in [7, 11) is 0. The van der Waals surface area contributed by atoms with Crippen LogP contribution in [0.4, 0.5) is 4.79 Å². The predicted octanol–water partition coefficient (Wildman–Crippen LogP) is 4.39. The molecule has 0 bridgehead atoms.